The summed E-state index contributed by atoms with van der Waals surface area (Å²) in [4.78, 5) is 61.7. The van der Waals surface area contributed by atoms with Crippen LogP contribution in [0.25, 0.3) is 21.8 Å². The Hall–Kier alpha value is -4.31. The fraction of sp³-hybridized carbons (Fsp3) is 0.296. The largest absolute Gasteiger partial charge is 0.361 e. The number of aromatic amines is 1. The maximum atomic E-state index is 13.8. The van der Waals surface area contributed by atoms with Gasteiger partial charge < -0.3 is 19.6 Å². The number of imide groups is 1. The number of hydrogen-bond acceptors (Lipinski definition) is 8. The standard InChI is InChI=1S/C27H26N6O4/c1-16(34)37-33-25(35)22(19-15-28-20-9-5-3-7-17(19)20)23(26(33)36)24-18-8-4-6-10-21(18)29-27(30-24)32-13-11-31(2)12-14-32/h3-10,15,22-23,28H,11-14H2,1-2H3. The predicted molar refractivity (Wildman–Crippen MR) is 137 cm³/mol. The molecule has 10 nitrogen and oxygen atoms in total. The van der Waals surface area contributed by atoms with Crippen molar-refractivity contribution in [1.29, 1.82) is 0 Å². The van der Waals surface area contributed by atoms with Gasteiger partial charge in [-0.2, -0.15) is 0 Å². The molecule has 10 heteroatoms. The summed E-state index contributed by atoms with van der Waals surface area (Å²) >= 11 is 0. The maximum Gasteiger partial charge on any atom is 0.330 e. The lowest BCUT2D eigenvalue weighted by atomic mass is 9.84. The van der Waals surface area contributed by atoms with Crippen molar-refractivity contribution in [3.63, 3.8) is 0 Å². The number of likely N-dealkylation sites (N-methyl/N-ethyl adjacent to an activating group) is 1. The summed E-state index contributed by atoms with van der Waals surface area (Å²) < 4.78 is 0. The van der Waals surface area contributed by atoms with Gasteiger partial charge in [0.25, 0.3) is 11.8 Å². The van der Waals surface area contributed by atoms with Crippen molar-refractivity contribution in [3.05, 3.63) is 66.0 Å². The van der Waals surface area contributed by atoms with Crippen molar-refractivity contribution in [2.75, 3.05) is 38.1 Å². The molecule has 2 aromatic carbocycles. The molecule has 188 valence electrons. The number of benzene rings is 2. The van der Waals surface area contributed by atoms with Gasteiger partial charge in [-0.3, -0.25) is 9.59 Å². The highest BCUT2D eigenvalue weighted by Crippen LogP contribution is 2.45. The number of piperazine rings is 1. The van der Waals surface area contributed by atoms with Crippen LogP contribution in [-0.4, -0.2) is 75.9 Å². The first kappa shape index (κ1) is 23.1. The van der Waals surface area contributed by atoms with Crippen LogP contribution < -0.4 is 4.90 Å². The van der Waals surface area contributed by atoms with Crippen LogP contribution in [0, 0.1) is 0 Å². The molecule has 2 fully saturated rings. The Morgan fingerprint density at radius 3 is 2.35 bits per heavy atom. The van der Waals surface area contributed by atoms with Crippen LogP contribution >= 0.6 is 0 Å². The van der Waals surface area contributed by atoms with Gasteiger partial charge in [-0.25, -0.2) is 14.8 Å². The number of carbonyl (C=O) groups excluding carboxylic acids is 3. The van der Waals surface area contributed by atoms with E-state index in [0.29, 0.717) is 33.2 Å². The van der Waals surface area contributed by atoms with Crippen molar-refractivity contribution >= 4 is 45.5 Å². The minimum atomic E-state index is -0.995. The Kier molecular flexibility index (Phi) is 5.60. The van der Waals surface area contributed by atoms with E-state index >= 15 is 0 Å². The molecule has 2 unspecified atom stereocenters. The van der Waals surface area contributed by atoms with Gasteiger partial charge in [0.15, 0.2) is 0 Å². The van der Waals surface area contributed by atoms with Gasteiger partial charge in [0.05, 0.1) is 17.1 Å². The quantitative estimate of drug-likeness (QED) is 0.428. The molecular weight excluding hydrogens is 472 g/mol. The molecule has 6 rings (SSSR count). The van der Waals surface area contributed by atoms with Crippen LogP contribution in [0.1, 0.15) is 30.0 Å². The van der Waals surface area contributed by atoms with Crippen molar-refractivity contribution in [1.82, 2.24) is 24.9 Å². The average Bonchev–Trinajstić information content (AvgIpc) is 3.42. The number of hydroxylamine groups is 2. The Bertz CT molecular complexity index is 1540. The highest BCUT2D eigenvalue weighted by Gasteiger charge is 2.53. The van der Waals surface area contributed by atoms with Crippen molar-refractivity contribution in [2.24, 2.45) is 0 Å². The van der Waals surface area contributed by atoms with Gasteiger partial charge >= 0.3 is 5.97 Å². The molecular formula is C27H26N6O4. The number of hydrogen-bond donors (Lipinski definition) is 1. The molecule has 2 aromatic heterocycles. The fourth-order valence-electron chi connectivity index (χ4n) is 5.28. The van der Waals surface area contributed by atoms with Crippen molar-refractivity contribution < 1.29 is 19.2 Å². The van der Waals surface area contributed by atoms with E-state index in [-0.39, 0.29) is 0 Å². The number of amides is 2. The molecule has 2 saturated heterocycles. The Labute approximate surface area is 212 Å². The number of fused-ring (bicyclic) bond motifs is 2. The molecule has 4 aromatic rings. The third-order valence-electron chi connectivity index (χ3n) is 7.14. The number of nitrogens with one attached hydrogen (secondary N) is 1. The van der Waals surface area contributed by atoms with E-state index in [0.717, 1.165) is 37.1 Å². The second kappa shape index (κ2) is 8.97. The van der Waals surface area contributed by atoms with Gasteiger partial charge in [0, 0.05) is 55.6 Å². The molecule has 0 bridgehead atoms. The molecule has 37 heavy (non-hydrogen) atoms. The van der Waals surface area contributed by atoms with Gasteiger partial charge in [0.1, 0.15) is 5.92 Å². The molecule has 2 amide bonds. The van der Waals surface area contributed by atoms with Gasteiger partial charge in [-0.05, 0) is 24.7 Å². The third kappa shape index (κ3) is 3.89. The zero-order valence-corrected chi connectivity index (χ0v) is 20.5. The van der Waals surface area contributed by atoms with Crippen LogP contribution in [0.4, 0.5) is 5.95 Å². The minimum absolute atomic E-state index is 0.447. The molecule has 0 saturated carbocycles. The molecule has 2 aliphatic rings. The highest BCUT2D eigenvalue weighted by molar-refractivity contribution is 6.12. The van der Waals surface area contributed by atoms with Gasteiger partial charge in [0.2, 0.25) is 5.95 Å². The maximum absolute atomic E-state index is 13.8. The summed E-state index contributed by atoms with van der Waals surface area (Å²) in [7, 11) is 2.07. The Morgan fingerprint density at radius 2 is 1.59 bits per heavy atom. The van der Waals surface area contributed by atoms with E-state index in [4.69, 9.17) is 14.8 Å². The number of H-pyrrole nitrogens is 1. The van der Waals surface area contributed by atoms with E-state index in [1.165, 1.54) is 6.92 Å². The van der Waals surface area contributed by atoms with E-state index < -0.39 is 29.6 Å². The fourth-order valence-corrected chi connectivity index (χ4v) is 5.28. The summed E-state index contributed by atoms with van der Waals surface area (Å²) in [6.45, 7) is 4.39. The average molecular weight is 499 g/mol. The summed E-state index contributed by atoms with van der Waals surface area (Å²) in [6, 6.07) is 15.1. The van der Waals surface area contributed by atoms with Crippen LogP contribution in [0.3, 0.4) is 0 Å². The molecule has 0 spiro atoms. The summed E-state index contributed by atoms with van der Waals surface area (Å²) in [6.07, 6.45) is 1.75. The van der Waals surface area contributed by atoms with Gasteiger partial charge in [-0.15, -0.1) is 5.06 Å². The topological polar surface area (TPSA) is 112 Å². The number of para-hydroxylation sites is 2. The first-order valence-electron chi connectivity index (χ1n) is 12.2. The predicted octanol–water partition coefficient (Wildman–Crippen LogP) is 2.58. The molecule has 2 aliphatic heterocycles. The molecule has 0 aliphatic carbocycles. The van der Waals surface area contributed by atoms with E-state index in [2.05, 4.69) is 21.8 Å². The number of rotatable bonds is 4. The smallest absolute Gasteiger partial charge is 0.330 e. The summed E-state index contributed by atoms with van der Waals surface area (Å²) in [5, 5.41) is 2.10. The molecule has 4 heterocycles. The normalized spacial score (nSPS) is 20.8. The zero-order chi connectivity index (χ0) is 25.7. The third-order valence-corrected chi connectivity index (χ3v) is 7.14. The van der Waals surface area contributed by atoms with Crippen molar-refractivity contribution in [2.45, 2.75) is 18.8 Å². The first-order valence-corrected chi connectivity index (χ1v) is 12.2. The van der Waals surface area contributed by atoms with Gasteiger partial charge in [-0.1, -0.05) is 36.4 Å². The lowest BCUT2D eigenvalue weighted by Gasteiger charge is -2.33. The number of nitrogens with zero attached hydrogens (tertiary/aromatic N) is 5. The number of carbonyl (C=O) groups is 3. The minimum Gasteiger partial charge on any atom is -0.361 e. The van der Waals surface area contributed by atoms with Crippen LogP contribution in [0.5, 0.6) is 0 Å². The van der Waals surface area contributed by atoms with E-state index in [9.17, 15) is 14.4 Å². The highest BCUT2D eigenvalue weighted by atomic mass is 16.7. The second-order valence-corrected chi connectivity index (χ2v) is 9.51. The SMILES string of the molecule is CC(=O)ON1C(=O)C(c2nc(N3CCN(C)CC3)nc3ccccc23)C(c2c[nH]c3ccccc23)C1=O. The van der Waals surface area contributed by atoms with E-state index in [1.54, 1.807) is 6.20 Å². The lowest BCUT2D eigenvalue weighted by molar-refractivity contribution is -0.196. The zero-order valence-electron chi connectivity index (χ0n) is 20.5. The monoisotopic (exact) mass is 498 g/mol. The lowest BCUT2D eigenvalue weighted by Crippen LogP contribution is -2.45. The number of anilines is 1. The molecule has 1 N–H and O–H groups in total. The molecule has 2 atom stereocenters. The van der Waals surface area contributed by atoms with Crippen LogP contribution in [0.2, 0.25) is 0 Å². The number of aromatic nitrogens is 3. The first-order chi connectivity index (χ1) is 17.9. The summed E-state index contributed by atoms with van der Waals surface area (Å²) in [5.74, 6) is -3.37. The summed E-state index contributed by atoms with van der Waals surface area (Å²) in [5.41, 5.74) is 2.62. The van der Waals surface area contributed by atoms with Crippen LogP contribution in [-0.2, 0) is 19.2 Å². The second-order valence-electron chi connectivity index (χ2n) is 9.51. The Balaban J connectivity index is 1.54. The van der Waals surface area contributed by atoms with Crippen molar-refractivity contribution in [3.8, 4) is 0 Å². The Morgan fingerprint density at radius 1 is 0.919 bits per heavy atom. The molecule has 0 radical (unpaired) electrons. The van der Waals surface area contributed by atoms with E-state index in [1.807, 2.05) is 48.5 Å². The van der Waals surface area contributed by atoms with Crippen LogP contribution in [0.15, 0.2) is 54.7 Å².